The average Bonchev–Trinajstić information content (AvgIpc) is 2.40. The first-order valence-electron chi connectivity index (χ1n) is 5.77. The Morgan fingerprint density at radius 2 is 2.00 bits per heavy atom. The molecule has 5 heteroatoms. The lowest BCUT2D eigenvalue weighted by atomic mass is 10.2. The predicted octanol–water partition coefficient (Wildman–Crippen LogP) is 2.70. The molecule has 2 aromatic rings. The molecule has 0 radical (unpaired) electrons. The molecule has 2 rings (SSSR count). The molecule has 0 fully saturated rings. The second-order valence-electron chi connectivity index (χ2n) is 4.26. The molecule has 2 N–H and O–H groups in total. The van der Waals surface area contributed by atoms with Gasteiger partial charge in [0.15, 0.2) is 0 Å². The zero-order valence-electron chi connectivity index (χ0n) is 10.5. The van der Waals surface area contributed by atoms with Gasteiger partial charge in [0, 0.05) is 29.9 Å². The Bertz CT molecular complexity index is 583. The van der Waals surface area contributed by atoms with Gasteiger partial charge in [-0.3, -0.25) is 9.78 Å². The highest BCUT2D eigenvalue weighted by atomic mass is 79.9. The standard InChI is InChI=1S/C14H14BrN3O/c1-18(9-10-2-4-11(15)5-3-10)14(19)13-8-12(16)6-7-17-13/h2-8H,9H2,1H3,(H2,16,17). The van der Waals surface area contributed by atoms with Crippen LogP contribution in [0.1, 0.15) is 16.1 Å². The van der Waals surface area contributed by atoms with E-state index < -0.39 is 0 Å². The monoisotopic (exact) mass is 319 g/mol. The van der Waals surface area contributed by atoms with Crippen molar-refractivity contribution < 1.29 is 4.79 Å². The number of carbonyl (C=O) groups is 1. The van der Waals surface area contributed by atoms with Crippen LogP contribution in [0.4, 0.5) is 5.69 Å². The van der Waals surface area contributed by atoms with Gasteiger partial charge in [-0.1, -0.05) is 28.1 Å². The molecular formula is C14H14BrN3O. The molecule has 0 saturated carbocycles. The molecule has 0 saturated heterocycles. The minimum atomic E-state index is -0.143. The van der Waals surface area contributed by atoms with Gasteiger partial charge in [-0.25, -0.2) is 0 Å². The van der Waals surface area contributed by atoms with Crippen molar-refractivity contribution >= 4 is 27.5 Å². The lowest BCUT2D eigenvalue weighted by Crippen LogP contribution is -2.27. The van der Waals surface area contributed by atoms with Crippen LogP contribution in [0, 0.1) is 0 Å². The fourth-order valence-electron chi connectivity index (χ4n) is 1.69. The zero-order valence-corrected chi connectivity index (χ0v) is 12.1. The molecule has 0 bridgehead atoms. The first kappa shape index (κ1) is 13.5. The van der Waals surface area contributed by atoms with Crippen LogP contribution in [-0.2, 0) is 6.54 Å². The second kappa shape index (κ2) is 5.84. The quantitative estimate of drug-likeness (QED) is 0.946. The van der Waals surface area contributed by atoms with Crippen molar-refractivity contribution in [2.24, 2.45) is 0 Å². The normalized spacial score (nSPS) is 10.2. The summed E-state index contributed by atoms with van der Waals surface area (Å²) in [4.78, 5) is 17.8. The van der Waals surface area contributed by atoms with Crippen molar-refractivity contribution in [3.63, 3.8) is 0 Å². The number of nitrogens with zero attached hydrogens (tertiary/aromatic N) is 2. The molecule has 0 aliphatic carbocycles. The highest BCUT2D eigenvalue weighted by Crippen LogP contribution is 2.13. The summed E-state index contributed by atoms with van der Waals surface area (Å²) in [6.07, 6.45) is 1.54. The van der Waals surface area contributed by atoms with E-state index in [1.807, 2.05) is 24.3 Å². The van der Waals surface area contributed by atoms with E-state index in [2.05, 4.69) is 20.9 Å². The Hall–Kier alpha value is -1.88. The molecule has 1 aromatic heterocycles. The summed E-state index contributed by atoms with van der Waals surface area (Å²) >= 11 is 3.38. The number of carbonyl (C=O) groups excluding carboxylic acids is 1. The highest BCUT2D eigenvalue weighted by molar-refractivity contribution is 9.10. The average molecular weight is 320 g/mol. The van der Waals surface area contributed by atoms with E-state index in [0.29, 0.717) is 17.9 Å². The van der Waals surface area contributed by atoms with Crippen molar-refractivity contribution in [3.05, 3.63) is 58.3 Å². The van der Waals surface area contributed by atoms with Gasteiger partial charge in [0.05, 0.1) is 0 Å². The molecular weight excluding hydrogens is 306 g/mol. The van der Waals surface area contributed by atoms with E-state index in [0.717, 1.165) is 10.0 Å². The molecule has 0 spiro atoms. The number of pyridine rings is 1. The molecule has 0 aliphatic heterocycles. The van der Waals surface area contributed by atoms with Crippen LogP contribution in [0.2, 0.25) is 0 Å². The highest BCUT2D eigenvalue weighted by Gasteiger charge is 2.13. The number of rotatable bonds is 3. The summed E-state index contributed by atoms with van der Waals surface area (Å²) in [5.74, 6) is -0.143. The van der Waals surface area contributed by atoms with Crippen LogP contribution in [0.25, 0.3) is 0 Å². The summed E-state index contributed by atoms with van der Waals surface area (Å²) in [5.41, 5.74) is 7.61. The predicted molar refractivity (Wildman–Crippen MR) is 78.6 cm³/mol. The zero-order chi connectivity index (χ0) is 13.8. The van der Waals surface area contributed by atoms with Crippen molar-refractivity contribution in [1.29, 1.82) is 0 Å². The number of hydrogen-bond donors (Lipinski definition) is 1. The Morgan fingerprint density at radius 1 is 1.32 bits per heavy atom. The molecule has 0 atom stereocenters. The van der Waals surface area contributed by atoms with Crippen LogP contribution in [0.15, 0.2) is 47.1 Å². The largest absolute Gasteiger partial charge is 0.399 e. The van der Waals surface area contributed by atoms with Crippen LogP contribution in [0.5, 0.6) is 0 Å². The summed E-state index contributed by atoms with van der Waals surface area (Å²) in [7, 11) is 1.75. The number of amides is 1. The molecule has 1 amide bonds. The number of anilines is 1. The van der Waals surface area contributed by atoms with Crippen molar-refractivity contribution in [2.45, 2.75) is 6.54 Å². The first-order valence-corrected chi connectivity index (χ1v) is 6.57. The number of aromatic nitrogens is 1. The molecule has 1 aromatic carbocycles. The second-order valence-corrected chi connectivity index (χ2v) is 5.18. The lowest BCUT2D eigenvalue weighted by Gasteiger charge is -2.17. The smallest absolute Gasteiger partial charge is 0.272 e. The first-order chi connectivity index (χ1) is 9.06. The summed E-state index contributed by atoms with van der Waals surface area (Å²) in [5, 5.41) is 0. The molecule has 98 valence electrons. The molecule has 0 unspecified atom stereocenters. The number of benzene rings is 1. The van der Waals surface area contributed by atoms with Gasteiger partial charge < -0.3 is 10.6 Å². The van der Waals surface area contributed by atoms with Gasteiger partial charge in [0.2, 0.25) is 0 Å². The van der Waals surface area contributed by atoms with Gasteiger partial charge in [0.1, 0.15) is 5.69 Å². The van der Waals surface area contributed by atoms with Gasteiger partial charge in [-0.05, 0) is 29.8 Å². The van der Waals surface area contributed by atoms with Crippen LogP contribution in [0.3, 0.4) is 0 Å². The maximum atomic E-state index is 12.2. The number of hydrogen-bond acceptors (Lipinski definition) is 3. The van der Waals surface area contributed by atoms with Crippen molar-refractivity contribution in [1.82, 2.24) is 9.88 Å². The third-order valence-corrected chi connectivity index (χ3v) is 3.21. The molecule has 0 aliphatic rings. The van der Waals surface area contributed by atoms with E-state index in [9.17, 15) is 4.79 Å². The summed E-state index contributed by atoms with van der Waals surface area (Å²) < 4.78 is 1.02. The Labute approximate surface area is 120 Å². The van der Waals surface area contributed by atoms with E-state index >= 15 is 0 Å². The third-order valence-electron chi connectivity index (χ3n) is 2.68. The Balaban J connectivity index is 2.09. The number of nitrogen functional groups attached to an aromatic ring is 1. The van der Waals surface area contributed by atoms with E-state index in [4.69, 9.17) is 5.73 Å². The van der Waals surface area contributed by atoms with Gasteiger partial charge >= 0.3 is 0 Å². The minimum Gasteiger partial charge on any atom is -0.399 e. The SMILES string of the molecule is CN(Cc1ccc(Br)cc1)C(=O)c1cc(N)ccn1. The number of nitrogens with two attached hydrogens (primary N) is 1. The van der Waals surface area contributed by atoms with Gasteiger partial charge in [0.25, 0.3) is 5.91 Å². The fourth-order valence-corrected chi connectivity index (χ4v) is 1.96. The minimum absolute atomic E-state index is 0.143. The Morgan fingerprint density at radius 3 is 2.63 bits per heavy atom. The fraction of sp³-hybridized carbons (Fsp3) is 0.143. The van der Waals surface area contributed by atoms with Crippen LogP contribution >= 0.6 is 15.9 Å². The van der Waals surface area contributed by atoms with E-state index in [1.54, 1.807) is 24.1 Å². The number of halogens is 1. The maximum absolute atomic E-state index is 12.2. The van der Waals surface area contributed by atoms with E-state index in [1.165, 1.54) is 6.20 Å². The maximum Gasteiger partial charge on any atom is 0.272 e. The third kappa shape index (κ3) is 3.54. The molecule has 19 heavy (non-hydrogen) atoms. The Kier molecular flexibility index (Phi) is 4.16. The van der Waals surface area contributed by atoms with Gasteiger partial charge in [-0.15, -0.1) is 0 Å². The molecule has 4 nitrogen and oxygen atoms in total. The molecule has 1 heterocycles. The van der Waals surface area contributed by atoms with Crippen molar-refractivity contribution in [2.75, 3.05) is 12.8 Å². The van der Waals surface area contributed by atoms with Crippen LogP contribution < -0.4 is 5.73 Å². The van der Waals surface area contributed by atoms with E-state index in [-0.39, 0.29) is 5.91 Å². The summed E-state index contributed by atoms with van der Waals surface area (Å²) in [6.45, 7) is 0.530. The topological polar surface area (TPSA) is 59.2 Å². The summed E-state index contributed by atoms with van der Waals surface area (Å²) in [6, 6.07) is 11.1. The van der Waals surface area contributed by atoms with Gasteiger partial charge in [-0.2, -0.15) is 0 Å². The van der Waals surface area contributed by atoms with Crippen LogP contribution in [-0.4, -0.2) is 22.8 Å². The van der Waals surface area contributed by atoms with Crippen molar-refractivity contribution in [3.8, 4) is 0 Å². The lowest BCUT2D eigenvalue weighted by molar-refractivity contribution is 0.0779.